The van der Waals surface area contributed by atoms with Gasteiger partial charge in [0.05, 0.1) is 5.56 Å². The lowest BCUT2D eigenvalue weighted by Crippen LogP contribution is -1.92. The van der Waals surface area contributed by atoms with E-state index < -0.39 is 0 Å². The third-order valence-electron chi connectivity index (χ3n) is 1.64. The molecule has 1 aromatic carbocycles. The first-order valence-electron chi connectivity index (χ1n) is 3.23. The number of carbonyl (C=O) groups is 1. The molecule has 56 valence electrons. The number of ether oxygens (including phenoxy) is 1. The van der Waals surface area contributed by atoms with Gasteiger partial charge < -0.3 is 4.74 Å². The number of alkyl halides is 1. The summed E-state index contributed by atoms with van der Waals surface area (Å²) in [4.78, 5) is 11.0. The van der Waals surface area contributed by atoms with Crippen molar-refractivity contribution < 1.29 is 9.53 Å². The van der Waals surface area contributed by atoms with Crippen molar-refractivity contribution in [1.29, 1.82) is 0 Å². The molecule has 0 spiro atoms. The predicted octanol–water partition coefficient (Wildman–Crippen LogP) is 2.25. The Kier molecular flexibility index (Phi) is 1.46. The van der Waals surface area contributed by atoms with Crippen LogP contribution in [0.1, 0.15) is 20.9 Å². The Morgan fingerprint density at radius 1 is 1.36 bits per heavy atom. The summed E-state index contributed by atoms with van der Waals surface area (Å²) in [5, 5.41) is -0.258. The maximum Gasteiger partial charge on any atom is 0.340 e. The second-order valence-electron chi connectivity index (χ2n) is 2.31. The highest BCUT2D eigenvalue weighted by Gasteiger charge is 2.27. The van der Waals surface area contributed by atoms with Crippen LogP contribution in [0.5, 0.6) is 0 Å². The zero-order chi connectivity index (χ0) is 7.84. The number of hydrogen-bond acceptors (Lipinski definition) is 2. The molecule has 2 nitrogen and oxygen atoms in total. The highest BCUT2D eigenvalue weighted by atomic mass is 79.9. The summed E-state index contributed by atoms with van der Waals surface area (Å²) < 4.78 is 4.91. The van der Waals surface area contributed by atoms with E-state index in [0.29, 0.717) is 5.56 Å². The fourth-order valence-electron chi connectivity index (χ4n) is 1.10. The minimum Gasteiger partial charge on any atom is -0.442 e. The van der Waals surface area contributed by atoms with Gasteiger partial charge in [-0.15, -0.1) is 0 Å². The molecule has 1 aliphatic heterocycles. The molecule has 0 unspecified atom stereocenters. The third-order valence-corrected chi connectivity index (χ3v) is 2.32. The smallest absolute Gasteiger partial charge is 0.340 e. The first kappa shape index (κ1) is 6.85. The van der Waals surface area contributed by atoms with E-state index in [4.69, 9.17) is 4.74 Å². The minimum absolute atomic E-state index is 0.248. The predicted molar refractivity (Wildman–Crippen MR) is 43.5 cm³/mol. The van der Waals surface area contributed by atoms with E-state index in [1.165, 1.54) is 0 Å². The molecule has 1 heterocycles. The molecule has 1 atom stereocenters. The standard InChI is InChI=1S/C8H5BrO2/c9-7-5-3-1-2-4-6(5)8(10)11-7/h1-4,7H/t7-/m0/s1. The van der Waals surface area contributed by atoms with Crippen LogP contribution in [0.25, 0.3) is 0 Å². The van der Waals surface area contributed by atoms with Crippen molar-refractivity contribution in [1.82, 2.24) is 0 Å². The van der Waals surface area contributed by atoms with E-state index in [-0.39, 0.29) is 11.0 Å². The summed E-state index contributed by atoms with van der Waals surface area (Å²) in [6.45, 7) is 0. The molecule has 0 saturated heterocycles. The Hall–Kier alpha value is -0.830. The lowest BCUT2D eigenvalue weighted by molar-refractivity contribution is 0.0530. The van der Waals surface area contributed by atoms with Gasteiger partial charge in [0.15, 0.2) is 5.01 Å². The average Bonchev–Trinajstić information content (AvgIpc) is 2.30. The normalized spacial score (nSPS) is 21.2. The Labute approximate surface area is 72.3 Å². The molecule has 0 bridgehead atoms. The van der Waals surface area contributed by atoms with Crippen LogP contribution in [0, 0.1) is 0 Å². The van der Waals surface area contributed by atoms with Gasteiger partial charge in [0.25, 0.3) is 0 Å². The number of hydrogen-bond donors (Lipinski definition) is 0. The number of cyclic esters (lactones) is 1. The number of halogens is 1. The fourth-order valence-corrected chi connectivity index (χ4v) is 1.67. The summed E-state index contributed by atoms with van der Waals surface area (Å²) in [6.07, 6.45) is 0. The second kappa shape index (κ2) is 2.34. The van der Waals surface area contributed by atoms with Crippen LogP contribution in [0.3, 0.4) is 0 Å². The number of benzene rings is 1. The van der Waals surface area contributed by atoms with Gasteiger partial charge in [0.2, 0.25) is 0 Å². The molecule has 0 N–H and O–H groups in total. The van der Waals surface area contributed by atoms with Crippen LogP contribution >= 0.6 is 15.9 Å². The van der Waals surface area contributed by atoms with E-state index in [2.05, 4.69) is 15.9 Å². The highest BCUT2D eigenvalue weighted by Crippen LogP contribution is 2.34. The molecule has 2 rings (SSSR count). The van der Waals surface area contributed by atoms with E-state index in [1.807, 2.05) is 18.2 Å². The van der Waals surface area contributed by atoms with Crippen molar-refractivity contribution in [3.8, 4) is 0 Å². The molecule has 0 aliphatic carbocycles. The van der Waals surface area contributed by atoms with Crippen LogP contribution in [0.4, 0.5) is 0 Å². The number of fused-ring (bicyclic) bond motifs is 1. The second-order valence-corrected chi connectivity index (χ2v) is 3.14. The van der Waals surface area contributed by atoms with E-state index in [0.717, 1.165) is 5.56 Å². The molecule has 1 aliphatic rings. The van der Waals surface area contributed by atoms with Gasteiger partial charge in [-0.2, -0.15) is 0 Å². The van der Waals surface area contributed by atoms with Gasteiger partial charge in [-0.3, -0.25) is 0 Å². The van der Waals surface area contributed by atoms with Crippen LogP contribution in [0.15, 0.2) is 24.3 Å². The molecule has 0 fully saturated rings. The van der Waals surface area contributed by atoms with Gasteiger partial charge in [-0.05, 0) is 22.0 Å². The Bertz CT molecular complexity index is 309. The van der Waals surface area contributed by atoms with Crippen molar-refractivity contribution in [3.05, 3.63) is 35.4 Å². The van der Waals surface area contributed by atoms with Crippen molar-refractivity contribution in [2.75, 3.05) is 0 Å². The van der Waals surface area contributed by atoms with Gasteiger partial charge >= 0.3 is 5.97 Å². The summed E-state index contributed by atoms with van der Waals surface area (Å²) in [5.41, 5.74) is 1.58. The van der Waals surface area contributed by atoms with Gasteiger partial charge in [-0.25, -0.2) is 4.79 Å². The summed E-state index contributed by atoms with van der Waals surface area (Å²) in [7, 11) is 0. The largest absolute Gasteiger partial charge is 0.442 e. The Morgan fingerprint density at radius 2 is 2.09 bits per heavy atom. The lowest BCUT2D eigenvalue weighted by atomic mass is 10.1. The molecule has 0 radical (unpaired) electrons. The molecule has 0 aromatic heterocycles. The minimum atomic E-state index is -0.258. The van der Waals surface area contributed by atoms with E-state index >= 15 is 0 Å². The van der Waals surface area contributed by atoms with Gasteiger partial charge in [0, 0.05) is 5.56 Å². The van der Waals surface area contributed by atoms with Gasteiger partial charge in [-0.1, -0.05) is 18.2 Å². The van der Waals surface area contributed by atoms with Crippen molar-refractivity contribution in [3.63, 3.8) is 0 Å². The Balaban J connectivity index is 2.60. The first-order chi connectivity index (χ1) is 5.29. The molecular weight excluding hydrogens is 208 g/mol. The molecule has 3 heteroatoms. The van der Waals surface area contributed by atoms with E-state index in [9.17, 15) is 4.79 Å². The van der Waals surface area contributed by atoms with Crippen LogP contribution in [-0.2, 0) is 4.74 Å². The average molecular weight is 213 g/mol. The molecule has 11 heavy (non-hydrogen) atoms. The van der Waals surface area contributed by atoms with E-state index in [1.54, 1.807) is 6.07 Å². The number of carbonyl (C=O) groups excluding carboxylic acids is 1. The molecule has 1 aromatic rings. The van der Waals surface area contributed by atoms with Crippen molar-refractivity contribution in [2.45, 2.75) is 5.01 Å². The Morgan fingerprint density at radius 3 is 2.82 bits per heavy atom. The molecule has 0 amide bonds. The first-order valence-corrected chi connectivity index (χ1v) is 4.14. The lowest BCUT2D eigenvalue weighted by Gasteiger charge is -1.97. The van der Waals surface area contributed by atoms with Gasteiger partial charge in [0.1, 0.15) is 0 Å². The fraction of sp³-hybridized carbons (Fsp3) is 0.125. The van der Waals surface area contributed by atoms with Crippen LogP contribution in [-0.4, -0.2) is 5.97 Å². The maximum absolute atomic E-state index is 11.0. The molecule has 0 saturated carbocycles. The zero-order valence-electron chi connectivity index (χ0n) is 5.58. The van der Waals surface area contributed by atoms with Crippen molar-refractivity contribution >= 4 is 21.9 Å². The highest BCUT2D eigenvalue weighted by molar-refractivity contribution is 9.09. The number of esters is 1. The van der Waals surface area contributed by atoms with Crippen LogP contribution in [0.2, 0.25) is 0 Å². The SMILES string of the molecule is O=C1O[C@H](Br)c2ccccc21. The zero-order valence-corrected chi connectivity index (χ0v) is 7.17. The van der Waals surface area contributed by atoms with Crippen LogP contribution < -0.4 is 0 Å². The maximum atomic E-state index is 11.0. The molecular formula is C8H5BrO2. The monoisotopic (exact) mass is 212 g/mol. The third kappa shape index (κ3) is 0.959. The number of rotatable bonds is 0. The summed E-state index contributed by atoms with van der Waals surface area (Å²) >= 11 is 3.23. The summed E-state index contributed by atoms with van der Waals surface area (Å²) in [6, 6.07) is 7.35. The topological polar surface area (TPSA) is 26.3 Å². The summed E-state index contributed by atoms with van der Waals surface area (Å²) in [5.74, 6) is -0.248. The quantitative estimate of drug-likeness (QED) is 0.488. The van der Waals surface area contributed by atoms with Crippen molar-refractivity contribution in [2.24, 2.45) is 0 Å².